The van der Waals surface area contributed by atoms with Gasteiger partial charge in [0, 0.05) is 0 Å². The maximum Gasteiger partial charge on any atom is 0.339 e. The average molecular weight is 355 g/mol. The Hall–Kier alpha value is -2.82. The molecular weight excluding hydrogens is 330 g/mol. The topological polar surface area (TPSA) is 64.6 Å². The first-order valence-electron chi connectivity index (χ1n) is 8.88. The molecule has 2 aromatic carbocycles. The Bertz CT molecular complexity index is 742. The maximum absolute atomic E-state index is 12.7. The van der Waals surface area contributed by atoms with Crippen molar-refractivity contribution in [2.75, 3.05) is 19.0 Å². The minimum absolute atomic E-state index is 0.307. The summed E-state index contributed by atoms with van der Waals surface area (Å²) in [5, 5.41) is 2.77. The Morgan fingerprint density at radius 2 is 1.62 bits per heavy atom. The third kappa shape index (κ3) is 5.34. The van der Waals surface area contributed by atoms with Gasteiger partial charge in [0.25, 0.3) is 5.91 Å². The van der Waals surface area contributed by atoms with Crippen molar-refractivity contribution >= 4 is 17.6 Å². The molecule has 0 aliphatic rings. The monoisotopic (exact) mass is 355 g/mol. The van der Waals surface area contributed by atoms with Crippen LogP contribution in [0.5, 0.6) is 5.75 Å². The lowest BCUT2D eigenvalue weighted by atomic mass is 10.1. The molecule has 0 radical (unpaired) electrons. The zero-order valence-electron chi connectivity index (χ0n) is 15.3. The normalized spacial score (nSPS) is 10.2. The summed E-state index contributed by atoms with van der Waals surface area (Å²) in [7, 11) is 1.31. The number of nitrogens with one attached hydrogen (secondary N) is 1. The van der Waals surface area contributed by atoms with E-state index in [1.165, 1.54) is 20.0 Å². The first-order chi connectivity index (χ1) is 12.7. The molecule has 0 saturated carbocycles. The summed E-state index contributed by atoms with van der Waals surface area (Å²) in [6.07, 6.45) is 4.40. The van der Waals surface area contributed by atoms with E-state index in [-0.39, 0.29) is 5.91 Å². The fourth-order valence-corrected chi connectivity index (χ4v) is 2.56. The van der Waals surface area contributed by atoms with Gasteiger partial charge in [-0.05, 0) is 30.7 Å². The van der Waals surface area contributed by atoms with Crippen LogP contribution in [0.3, 0.4) is 0 Å². The van der Waals surface area contributed by atoms with Crippen LogP contribution in [-0.4, -0.2) is 25.6 Å². The van der Waals surface area contributed by atoms with Crippen molar-refractivity contribution in [1.82, 2.24) is 0 Å². The molecule has 0 aromatic heterocycles. The van der Waals surface area contributed by atoms with Gasteiger partial charge in [-0.1, -0.05) is 50.5 Å². The molecule has 2 rings (SSSR count). The quantitative estimate of drug-likeness (QED) is 0.524. The standard InChI is InChI=1S/C21H25NO4/c1-3-4-5-10-15-26-19-14-9-7-12-17(19)20(23)22-18-13-8-6-11-16(18)21(24)25-2/h6-9,11-14H,3-5,10,15H2,1-2H3,(H,22,23). The number of rotatable bonds is 9. The highest BCUT2D eigenvalue weighted by Gasteiger charge is 2.16. The molecule has 0 bridgehead atoms. The average Bonchev–Trinajstić information content (AvgIpc) is 2.68. The second-order valence-electron chi connectivity index (χ2n) is 5.90. The van der Waals surface area contributed by atoms with Crippen molar-refractivity contribution in [2.24, 2.45) is 0 Å². The van der Waals surface area contributed by atoms with Crippen LogP contribution in [-0.2, 0) is 4.74 Å². The first-order valence-corrected chi connectivity index (χ1v) is 8.88. The van der Waals surface area contributed by atoms with E-state index in [1.54, 1.807) is 42.5 Å². The van der Waals surface area contributed by atoms with Gasteiger partial charge in [-0.15, -0.1) is 0 Å². The molecule has 1 N–H and O–H groups in total. The van der Waals surface area contributed by atoms with Crippen LogP contribution in [0.15, 0.2) is 48.5 Å². The molecule has 0 saturated heterocycles. The Morgan fingerprint density at radius 3 is 2.35 bits per heavy atom. The van der Waals surface area contributed by atoms with Crippen LogP contribution in [0, 0.1) is 0 Å². The van der Waals surface area contributed by atoms with Gasteiger partial charge in [-0.2, -0.15) is 0 Å². The van der Waals surface area contributed by atoms with E-state index in [0.29, 0.717) is 29.2 Å². The molecular formula is C21H25NO4. The van der Waals surface area contributed by atoms with Gasteiger partial charge in [0.15, 0.2) is 0 Å². The molecule has 5 nitrogen and oxygen atoms in total. The largest absolute Gasteiger partial charge is 0.493 e. The van der Waals surface area contributed by atoms with Gasteiger partial charge in [0.1, 0.15) is 5.75 Å². The number of esters is 1. The summed E-state index contributed by atoms with van der Waals surface area (Å²) in [5.41, 5.74) is 1.14. The number of methoxy groups -OCH3 is 1. The number of carbonyl (C=O) groups excluding carboxylic acids is 2. The number of carbonyl (C=O) groups is 2. The van der Waals surface area contributed by atoms with E-state index in [2.05, 4.69) is 12.2 Å². The summed E-state index contributed by atoms with van der Waals surface area (Å²) in [5.74, 6) is -0.288. The molecule has 0 atom stereocenters. The lowest BCUT2D eigenvalue weighted by Gasteiger charge is -2.13. The molecule has 138 valence electrons. The maximum atomic E-state index is 12.7. The predicted octanol–water partition coefficient (Wildman–Crippen LogP) is 4.68. The summed E-state index contributed by atoms with van der Waals surface area (Å²) in [6, 6.07) is 13.8. The molecule has 5 heteroatoms. The number of hydrogen-bond donors (Lipinski definition) is 1. The molecule has 0 spiro atoms. The molecule has 0 heterocycles. The lowest BCUT2D eigenvalue weighted by Crippen LogP contribution is -2.16. The van der Waals surface area contributed by atoms with E-state index in [0.717, 1.165) is 12.8 Å². The fraction of sp³-hybridized carbons (Fsp3) is 0.333. The van der Waals surface area contributed by atoms with Crippen LogP contribution < -0.4 is 10.1 Å². The van der Waals surface area contributed by atoms with E-state index >= 15 is 0 Å². The highest BCUT2D eigenvalue weighted by Crippen LogP contribution is 2.22. The van der Waals surface area contributed by atoms with E-state index in [4.69, 9.17) is 9.47 Å². The number of benzene rings is 2. The highest BCUT2D eigenvalue weighted by molar-refractivity contribution is 6.09. The molecule has 2 aromatic rings. The minimum Gasteiger partial charge on any atom is -0.493 e. The summed E-state index contributed by atoms with van der Waals surface area (Å²) >= 11 is 0. The molecule has 0 aliphatic carbocycles. The van der Waals surface area contributed by atoms with Gasteiger partial charge in [-0.3, -0.25) is 4.79 Å². The van der Waals surface area contributed by atoms with Crippen LogP contribution in [0.1, 0.15) is 53.3 Å². The van der Waals surface area contributed by atoms with Gasteiger partial charge in [0.05, 0.1) is 30.5 Å². The number of para-hydroxylation sites is 2. The second-order valence-corrected chi connectivity index (χ2v) is 5.90. The summed E-state index contributed by atoms with van der Waals surface area (Å²) in [6.45, 7) is 2.73. The van der Waals surface area contributed by atoms with E-state index < -0.39 is 5.97 Å². The Labute approximate surface area is 154 Å². The van der Waals surface area contributed by atoms with Crippen molar-refractivity contribution in [3.63, 3.8) is 0 Å². The van der Waals surface area contributed by atoms with Crippen molar-refractivity contribution in [3.05, 3.63) is 59.7 Å². The van der Waals surface area contributed by atoms with E-state index in [1.807, 2.05) is 6.07 Å². The van der Waals surface area contributed by atoms with Crippen LogP contribution in [0.2, 0.25) is 0 Å². The predicted molar refractivity (Wildman–Crippen MR) is 102 cm³/mol. The van der Waals surface area contributed by atoms with E-state index in [9.17, 15) is 9.59 Å². The number of ether oxygens (including phenoxy) is 2. The molecule has 1 amide bonds. The Balaban J connectivity index is 2.10. The zero-order chi connectivity index (χ0) is 18.8. The third-order valence-electron chi connectivity index (χ3n) is 3.97. The first kappa shape index (κ1) is 19.5. The minimum atomic E-state index is -0.499. The second kappa shape index (κ2) is 10.2. The summed E-state index contributed by atoms with van der Waals surface area (Å²) in [4.78, 5) is 24.5. The molecule has 0 unspecified atom stereocenters. The van der Waals surface area contributed by atoms with Gasteiger partial charge in [0.2, 0.25) is 0 Å². The SMILES string of the molecule is CCCCCCOc1ccccc1C(=O)Nc1ccccc1C(=O)OC. The van der Waals surface area contributed by atoms with Crippen molar-refractivity contribution < 1.29 is 19.1 Å². The Morgan fingerprint density at radius 1 is 0.923 bits per heavy atom. The van der Waals surface area contributed by atoms with Crippen LogP contribution in [0.25, 0.3) is 0 Å². The molecule has 26 heavy (non-hydrogen) atoms. The number of unbranched alkanes of at least 4 members (excludes halogenated alkanes) is 3. The van der Waals surface area contributed by atoms with Gasteiger partial charge in [-0.25, -0.2) is 4.79 Å². The number of hydrogen-bond acceptors (Lipinski definition) is 4. The zero-order valence-corrected chi connectivity index (χ0v) is 15.3. The van der Waals surface area contributed by atoms with Gasteiger partial charge >= 0.3 is 5.97 Å². The fourth-order valence-electron chi connectivity index (χ4n) is 2.56. The number of anilines is 1. The smallest absolute Gasteiger partial charge is 0.339 e. The molecule has 0 fully saturated rings. The Kier molecular flexibility index (Phi) is 7.68. The highest BCUT2D eigenvalue weighted by atomic mass is 16.5. The van der Waals surface area contributed by atoms with Crippen molar-refractivity contribution in [2.45, 2.75) is 32.6 Å². The molecule has 0 aliphatic heterocycles. The van der Waals surface area contributed by atoms with Gasteiger partial charge < -0.3 is 14.8 Å². The number of amides is 1. The van der Waals surface area contributed by atoms with Crippen LogP contribution in [0.4, 0.5) is 5.69 Å². The third-order valence-corrected chi connectivity index (χ3v) is 3.97. The lowest BCUT2D eigenvalue weighted by molar-refractivity contribution is 0.0602. The van der Waals surface area contributed by atoms with Crippen LogP contribution >= 0.6 is 0 Å². The summed E-state index contributed by atoms with van der Waals surface area (Å²) < 4.78 is 10.5. The van der Waals surface area contributed by atoms with Crippen molar-refractivity contribution in [3.8, 4) is 5.75 Å². The van der Waals surface area contributed by atoms with Crippen molar-refractivity contribution in [1.29, 1.82) is 0 Å².